The van der Waals surface area contributed by atoms with Gasteiger partial charge in [0.2, 0.25) is 0 Å². The van der Waals surface area contributed by atoms with Crippen molar-refractivity contribution < 1.29 is 9.53 Å². The van der Waals surface area contributed by atoms with Gasteiger partial charge in [-0.15, -0.1) is 0 Å². The maximum absolute atomic E-state index is 12.8. The molecule has 1 N–H and O–H groups in total. The van der Waals surface area contributed by atoms with Crippen LogP contribution < -0.4 is 15.0 Å². The Balaban J connectivity index is 1.67. The van der Waals surface area contributed by atoms with Gasteiger partial charge in [0.25, 0.3) is 0 Å². The van der Waals surface area contributed by atoms with Crippen LogP contribution >= 0.6 is 0 Å². The monoisotopic (exact) mass is 360 g/mol. The molecular formula is C23H24N2O2. The average molecular weight is 360 g/mol. The Morgan fingerprint density at radius 1 is 0.926 bits per heavy atom. The van der Waals surface area contributed by atoms with Crippen LogP contribution in [0, 0.1) is 13.8 Å². The molecule has 0 unspecified atom stereocenters. The number of ether oxygens (including phenoxy) is 1. The number of para-hydroxylation sites is 1. The fourth-order valence-electron chi connectivity index (χ4n) is 2.89. The minimum absolute atomic E-state index is 0.112. The average Bonchev–Trinajstić information content (AvgIpc) is 2.69. The van der Waals surface area contributed by atoms with Gasteiger partial charge in [-0.05, 0) is 43.2 Å². The molecule has 138 valence electrons. The van der Waals surface area contributed by atoms with Gasteiger partial charge in [-0.2, -0.15) is 0 Å². The van der Waals surface area contributed by atoms with E-state index in [1.165, 1.54) is 5.56 Å². The second-order valence-corrected chi connectivity index (χ2v) is 6.45. The lowest BCUT2D eigenvalue weighted by Crippen LogP contribution is -2.41. The summed E-state index contributed by atoms with van der Waals surface area (Å²) in [4.78, 5) is 14.5. The fraction of sp³-hybridized carbons (Fsp3) is 0.174. The SMILES string of the molecule is Cc1ccc(OCNC(=O)N(Cc2ccccc2)c2ccccc2)c(C)c1. The molecule has 3 aromatic carbocycles. The fourth-order valence-corrected chi connectivity index (χ4v) is 2.89. The molecule has 27 heavy (non-hydrogen) atoms. The molecule has 0 aromatic heterocycles. The van der Waals surface area contributed by atoms with E-state index in [0.29, 0.717) is 6.54 Å². The van der Waals surface area contributed by atoms with Gasteiger partial charge in [-0.25, -0.2) is 4.79 Å². The first-order valence-corrected chi connectivity index (χ1v) is 8.98. The molecule has 3 aromatic rings. The van der Waals surface area contributed by atoms with Gasteiger partial charge >= 0.3 is 6.03 Å². The van der Waals surface area contributed by atoms with E-state index in [2.05, 4.69) is 11.4 Å². The number of hydrogen-bond donors (Lipinski definition) is 1. The molecule has 2 amide bonds. The van der Waals surface area contributed by atoms with E-state index in [-0.39, 0.29) is 12.8 Å². The highest BCUT2D eigenvalue weighted by molar-refractivity contribution is 5.91. The van der Waals surface area contributed by atoms with Crippen molar-refractivity contribution in [2.24, 2.45) is 0 Å². The van der Waals surface area contributed by atoms with E-state index in [4.69, 9.17) is 4.74 Å². The predicted molar refractivity (Wildman–Crippen MR) is 109 cm³/mol. The molecule has 0 aliphatic rings. The minimum atomic E-state index is -0.199. The second-order valence-electron chi connectivity index (χ2n) is 6.45. The Labute approximate surface area is 160 Å². The van der Waals surface area contributed by atoms with E-state index in [1.807, 2.05) is 86.6 Å². The van der Waals surface area contributed by atoms with E-state index < -0.39 is 0 Å². The molecule has 0 fully saturated rings. The van der Waals surface area contributed by atoms with Crippen molar-refractivity contribution in [1.82, 2.24) is 5.32 Å². The normalized spacial score (nSPS) is 10.3. The molecule has 0 atom stereocenters. The summed E-state index contributed by atoms with van der Waals surface area (Å²) in [6, 6.07) is 25.3. The van der Waals surface area contributed by atoms with Crippen LogP contribution in [0.2, 0.25) is 0 Å². The lowest BCUT2D eigenvalue weighted by atomic mass is 10.1. The molecule has 4 nitrogen and oxygen atoms in total. The Morgan fingerprint density at radius 2 is 1.59 bits per heavy atom. The Morgan fingerprint density at radius 3 is 2.26 bits per heavy atom. The van der Waals surface area contributed by atoms with Crippen molar-refractivity contribution in [1.29, 1.82) is 0 Å². The van der Waals surface area contributed by atoms with Gasteiger partial charge in [-0.3, -0.25) is 4.90 Å². The number of carbonyl (C=O) groups is 1. The van der Waals surface area contributed by atoms with Gasteiger partial charge in [-0.1, -0.05) is 66.2 Å². The third-order valence-electron chi connectivity index (χ3n) is 4.28. The summed E-state index contributed by atoms with van der Waals surface area (Å²) in [6.45, 7) is 4.64. The van der Waals surface area contributed by atoms with Crippen molar-refractivity contribution in [3.8, 4) is 5.75 Å². The number of aryl methyl sites for hydroxylation is 2. The molecule has 4 heteroatoms. The standard InChI is InChI=1S/C23H24N2O2/c1-18-13-14-22(19(2)15-18)27-17-24-23(26)25(21-11-7-4-8-12-21)16-20-9-5-3-6-10-20/h3-15H,16-17H2,1-2H3,(H,24,26). The number of urea groups is 1. The highest BCUT2D eigenvalue weighted by atomic mass is 16.5. The maximum Gasteiger partial charge on any atom is 0.324 e. The topological polar surface area (TPSA) is 41.6 Å². The summed E-state index contributed by atoms with van der Waals surface area (Å²) in [5.41, 5.74) is 4.13. The van der Waals surface area contributed by atoms with E-state index in [0.717, 1.165) is 22.6 Å². The number of nitrogens with one attached hydrogen (secondary N) is 1. The molecule has 0 saturated carbocycles. The lowest BCUT2D eigenvalue weighted by molar-refractivity contribution is 0.228. The molecule has 0 spiro atoms. The summed E-state index contributed by atoms with van der Waals surface area (Å²) < 4.78 is 5.74. The number of nitrogens with zero attached hydrogens (tertiary/aromatic N) is 1. The summed E-state index contributed by atoms with van der Waals surface area (Å²) in [5.74, 6) is 0.773. The summed E-state index contributed by atoms with van der Waals surface area (Å²) in [7, 11) is 0. The van der Waals surface area contributed by atoms with Crippen LogP contribution in [0.4, 0.5) is 10.5 Å². The van der Waals surface area contributed by atoms with Crippen molar-refractivity contribution >= 4 is 11.7 Å². The lowest BCUT2D eigenvalue weighted by Gasteiger charge is -2.23. The van der Waals surface area contributed by atoms with Gasteiger partial charge in [0.1, 0.15) is 5.75 Å². The number of anilines is 1. The Bertz CT molecular complexity index is 879. The van der Waals surface area contributed by atoms with Crippen molar-refractivity contribution in [2.75, 3.05) is 11.6 Å². The highest BCUT2D eigenvalue weighted by Crippen LogP contribution is 2.19. The number of benzene rings is 3. The van der Waals surface area contributed by atoms with Crippen molar-refractivity contribution in [2.45, 2.75) is 20.4 Å². The van der Waals surface area contributed by atoms with Crippen LogP contribution in [0.3, 0.4) is 0 Å². The quantitative estimate of drug-likeness (QED) is 0.625. The maximum atomic E-state index is 12.8. The predicted octanol–water partition coefficient (Wildman–Crippen LogP) is 5.06. The van der Waals surface area contributed by atoms with Crippen LogP contribution in [-0.4, -0.2) is 12.8 Å². The molecule has 0 saturated heterocycles. The summed E-state index contributed by atoms with van der Waals surface area (Å²) in [6.07, 6.45) is 0. The summed E-state index contributed by atoms with van der Waals surface area (Å²) >= 11 is 0. The zero-order valence-electron chi connectivity index (χ0n) is 15.7. The van der Waals surface area contributed by atoms with Crippen molar-refractivity contribution in [3.63, 3.8) is 0 Å². The van der Waals surface area contributed by atoms with Crippen LogP contribution in [0.25, 0.3) is 0 Å². The van der Waals surface area contributed by atoms with Crippen LogP contribution in [0.1, 0.15) is 16.7 Å². The van der Waals surface area contributed by atoms with E-state index in [1.54, 1.807) is 4.90 Å². The molecule has 0 heterocycles. The molecule has 0 radical (unpaired) electrons. The van der Waals surface area contributed by atoms with Gasteiger partial charge in [0, 0.05) is 5.69 Å². The first kappa shape index (κ1) is 18.5. The van der Waals surface area contributed by atoms with Gasteiger partial charge in [0.15, 0.2) is 6.73 Å². The molecule has 0 aliphatic heterocycles. The number of amides is 2. The number of hydrogen-bond acceptors (Lipinski definition) is 2. The summed E-state index contributed by atoms with van der Waals surface area (Å²) in [5, 5.41) is 2.86. The zero-order chi connectivity index (χ0) is 19.1. The number of carbonyl (C=O) groups excluding carboxylic acids is 1. The largest absolute Gasteiger partial charge is 0.473 e. The first-order valence-electron chi connectivity index (χ1n) is 8.98. The minimum Gasteiger partial charge on any atom is -0.473 e. The smallest absolute Gasteiger partial charge is 0.324 e. The third kappa shape index (κ3) is 5.11. The molecule has 0 aliphatic carbocycles. The van der Waals surface area contributed by atoms with Crippen LogP contribution in [0.15, 0.2) is 78.9 Å². The highest BCUT2D eigenvalue weighted by Gasteiger charge is 2.16. The molecule has 3 rings (SSSR count). The Hall–Kier alpha value is -3.27. The van der Waals surface area contributed by atoms with Crippen LogP contribution in [-0.2, 0) is 6.54 Å². The van der Waals surface area contributed by atoms with Crippen molar-refractivity contribution in [3.05, 3.63) is 95.6 Å². The second kappa shape index (κ2) is 8.90. The first-order chi connectivity index (χ1) is 13.1. The van der Waals surface area contributed by atoms with E-state index in [9.17, 15) is 4.79 Å². The molecule has 0 bridgehead atoms. The number of rotatable bonds is 6. The van der Waals surface area contributed by atoms with Gasteiger partial charge < -0.3 is 10.1 Å². The zero-order valence-corrected chi connectivity index (χ0v) is 15.7. The van der Waals surface area contributed by atoms with Gasteiger partial charge in [0.05, 0.1) is 6.54 Å². The van der Waals surface area contributed by atoms with E-state index >= 15 is 0 Å². The molecular weight excluding hydrogens is 336 g/mol. The van der Waals surface area contributed by atoms with Crippen LogP contribution in [0.5, 0.6) is 5.75 Å². The Kier molecular flexibility index (Phi) is 6.10. The third-order valence-corrected chi connectivity index (χ3v) is 4.28.